The molecule has 0 radical (unpaired) electrons. The molecule has 0 saturated heterocycles. The van der Waals surface area contributed by atoms with E-state index in [9.17, 15) is 13.6 Å². The minimum absolute atomic E-state index is 0.171. The molecular weight excluding hydrogens is 334 g/mol. The van der Waals surface area contributed by atoms with Crippen LogP contribution in [0.1, 0.15) is 29.0 Å². The number of hydrogen-bond donors (Lipinski definition) is 2. The van der Waals surface area contributed by atoms with Gasteiger partial charge in [0.15, 0.2) is 11.6 Å². The maximum absolute atomic E-state index is 13.4. The zero-order chi connectivity index (χ0) is 17.3. The van der Waals surface area contributed by atoms with Gasteiger partial charge in [-0.25, -0.2) is 8.78 Å². The Morgan fingerprint density at radius 3 is 2.79 bits per heavy atom. The molecule has 1 aromatic heterocycles. The van der Waals surface area contributed by atoms with Gasteiger partial charge in [-0.3, -0.25) is 14.6 Å². The highest BCUT2D eigenvalue weighted by molar-refractivity contribution is 7.71. The highest BCUT2D eigenvalue weighted by Crippen LogP contribution is 2.38. The van der Waals surface area contributed by atoms with Gasteiger partial charge >= 0.3 is 0 Å². The van der Waals surface area contributed by atoms with E-state index in [0.717, 1.165) is 24.5 Å². The third kappa shape index (κ3) is 3.87. The van der Waals surface area contributed by atoms with Crippen molar-refractivity contribution in [2.75, 3.05) is 6.54 Å². The first kappa shape index (κ1) is 16.8. The Morgan fingerprint density at radius 1 is 1.46 bits per heavy atom. The summed E-state index contributed by atoms with van der Waals surface area (Å²) in [5, 5.41) is 5.62. The minimum atomic E-state index is -0.847. The van der Waals surface area contributed by atoms with Gasteiger partial charge in [0.2, 0.25) is 10.6 Å². The van der Waals surface area contributed by atoms with Crippen LogP contribution in [-0.2, 0) is 13.5 Å². The molecule has 128 valence electrons. The van der Waals surface area contributed by atoms with Gasteiger partial charge < -0.3 is 5.32 Å². The number of carbonyl (C=O) groups is 1. The molecule has 1 fully saturated rings. The Bertz CT molecular complexity index is 813. The molecule has 1 unspecified atom stereocenters. The van der Waals surface area contributed by atoms with E-state index in [-0.39, 0.29) is 17.6 Å². The minimum Gasteiger partial charge on any atom is -0.349 e. The van der Waals surface area contributed by atoms with Crippen LogP contribution in [-0.4, -0.2) is 27.2 Å². The lowest BCUT2D eigenvalue weighted by molar-refractivity contribution is 0.0934. The smallest absolute Gasteiger partial charge is 0.288 e. The molecule has 5 nitrogen and oxygen atoms in total. The zero-order valence-corrected chi connectivity index (χ0v) is 14.0. The number of amides is 1. The molecule has 1 atom stereocenters. The molecule has 1 amide bonds. The van der Waals surface area contributed by atoms with E-state index >= 15 is 0 Å². The summed E-state index contributed by atoms with van der Waals surface area (Å²) in [7, 11) is 1.68. The Morgan fingerprint density at radius 2 is 2.21 bits per heavy atom. The quantitative estimate of drug-likeness (QED) is 0.786. The van der Waals surface area contributed by atoms with Gasteiger partial charge in [0.25, 0.3) is 5.91 Å². The van der Waals surface area contributed by atoms with E-state index in [2.05, 4.69) is 15.4 Å². The van der Waals surface area contributed by atoms with Gasteiger partial charge in [-0.15, -0.1) is 0 Å². The highest BCUT2D eigenvalue weighted by Gasteiger charge is 2.31. The third-order valence-electron chi connectivity index (χ3n) is 4.28. The summed E-state index contributed by atoms with van der Waals surface area (Å²) in [5.41, 5.74) is 0.734. The van der Waals surface area contributed by atoms with Crippen molar-refractivity contribution in [1.29, 1.82) is 0 Å². The summed E-state index contributed by atoms with van der Waals surface area (Å²) < 4.78 is 28.2. The fourth-order valence-electron chi connectivity index (χ4n) is 2.75. The maximum Gasteiger partial charge on any atom is 0.288 e. The summed E-state index contributed by atoms with van der Waals surface area (Å²) >= 11 is 4.96. The van der Waals surface area contributed by atoms with Gasteiger partial charge in [0.1, 0.15) is 0 Å². The standard InChI is InChI=1S/C16H18F2N4OS/c1-22-16(24)20-14(21-22)15(23)19-8-11(10-3-4-10)6-9-2-5-12(17)13(18)7-9/h2,5,7,10-11H,3-4,6,8H2,1H3,(H,19,23)(H,20,21,24). The molecule has 1 heterocycles. The number of aryl methyl sites for hydroxylation is 1. The lowest BCUT2D eigenvalue weighted by Gasteiger charge is -2.17. The Labute approximate surface area is 143 Å². The summed E-state index contributed by atoms with van der Waals surface area (Å²) in [6.45, 7) is 0.458. The van der Waals surface area contributed by atoms with E-state index in [1.807, 2.05) is 0 Å². The predicted octanol–water partition coefficient (Wildman–Crippen LogP) is 2.75. The molecule has 1 aliphatic carbocycles. The maximum atomic E-state index is 13.4. The van der Waals surface area contributed by atoms with Gasteiger partial charge in [0, 0.05) is 13.6 Å². The van der Waals surface area contributed by atoms with Crippen molar-refractivity contribution in [2.45, 2.75) is 19.3 Å². The number of rotatable bonds is 6. The molecule has 1 aliphatic rings. The molecule has 8 heteroatoms. The van der Waals surface area contributed by atoms with Crippen molar-refractivity contribution in [1.82, 2.24) is 20.1 Å². The largest absolute Gasteiger partial charge is 0.349 e. The van der Waals surface area contributed by atoms with Crippen LogP contribution in [0.25, 0.3) is 0 Å². The van der Waals surface area contributed by atoms with E-state index in [1.165, 1.54) is 10.7 Å². The highest BCUT2D eigenvalue weighted by atomic mass is 32.1. The van der Waals surface area contributed by atoms with E-state index in [1.54, 1.807) is 13.1 Å². The SMILES string of the molecule is Cn1[nH]c(C(=O)NCC(Cc2ccc(F)c(F)c2)C2CC2)nc1=S. The molecule has 0 spiro atoms. The second-order valence-corrected chi connectivity index (χ2v) is 6.54. The van der Waals surface area contributed by atoms with Crippen LogP contribution in [0.4, 0.5) is 8.78 Å². The molecule has 3 rings (SSSR count). The number of carbonyl (C=O) groups excluding carboxylic acids is 1. The van der Waals surface area contributed by atoms with Crippen LogP contribution in [0.5, 0.6) is 0 Å². The van der Waals surface area contributed by atoms with Crippen LogP contribution in [0.15, 0.2) is 18.2 Å². The first-order chi connectivity index (χ1) is 11.4. The lowest BCUT2D eigenvalue weighted by Crippen LogP contribution is -2.32. The van der Waals surface area contributed by atoms with E-state index in [0.29, 0.717) is 23.7 Å². The summed E-state index contributed by atoms with van der Waals surface area (Å²) in [6, 6.07) is 3.95. The van der Waals surface area contributed by atoms with Crippen molar-refractivity contribution in [2.24, 2.45) is 18.9 Å². The first-order valence-electron chi connectivity index (χ1n) is 7.79. The molecule has 2 aromatic rings. The Balaban J connectivity index is 1.63. The average Bonchev–Trinajstić information content (AvgIpc) is 3.33. The number of H-pyrrole nitrogens is 1. The number of halogens is 2. The van der Waals surface area contributed by atoms with Crippen molar-refractivity contribution in [3.8, 4) is 0 Å². The van der Waals surface area contributed by atoms with Gasteiger partial charge in [0.05, 0.1) is 0 Å². The first-order valence-corrected chi connectivity index (χ1v) is 8.20. The average molecular weight is 352 g/mol. The molecule has 0 aliphatic heterocycles. The van der Waals surface area contributed by atoms with Crippen LogP contribution >= 0.6 is 12.2 Å². The number of nitrogens with one attached hydrogen (secondary N) is 2. The molecule has 1 saturated carbocycles. The fraction of sp³-hybridized carbons (Fsp3) is 0.438. The number of aromatic nitrogens is 3. The molecule has 24 heavy (non-hydrogen) atoms. The fourth-order valence-corrected chi connectivity index (χ4v) is 2.89. The summed E-state index contributed by atoms with van der Waals surface area (Å²) in [4.78, 5) is 16.1. The van der Waals surface area contributed by atoms with Gasteiger partial charge in [-0.05, 0) is 61.0 Å². The zero-order valence-electron chi connectivity index (χ0n) is 13.2. The van der Waals surface area contributed by atoms with E-state index < -0.39 is 11.6 Å². The number of aromatic amines is 1. The second kappa shape index (κ2) is 6.80. The van der Waals surface area contributed by atoms with Crippen molar-refractivity contribution < 1.29 is 13.6 Å². The number of benzene rings is 1. The molecule has 1 aromatic carbocycles. The third-order valence-corrected chi connectivity index (χ3v) is 4.64. The number of hydrogen-bond acceptors (Lipinski definition) is 3. The number of nitrogens with zero attached hydrogens (tertiary/aromatic N) is 2. The molecule has 2 N–H and O–H groups in total. The topological polar surface area (TPSA) is 62.7 Å². The molecular formula is C16H18F2N4OS. The van der Waals surface area contributed by atoms with Gasteiger partial charge in [-0.2, -0.15) is 4.98 Å². The second-order valence-electron chi connectivity index (χ2n) is 6.17. The monoisotopic (exact) mass is 352 g/mol. The van der Waals surface area contributed by atoms with Gasteiger partial charge in [-0.1, -0.05) is 6.07 Å². The van der Waals surface area contributed by atoms with Crippen molar-refractivity contribution in [3.63, 3.8) is 0 Å². The Hall–Kier alpha value is -2.09. The van der Waals surface area contributed by atoms with Crippen LogP contribution in [0, 0.1) is 28.2 Å². The summed E-state index contributed by atoms with van der Waals surface area (Å²) in [5.74, 6) is -1.15. The van der Waals surface area contributed by atoms with Crippen molar-refractivity contribution in [3.05, 3.63) is 46.0 Å². The summed E-state index contributed by atoms with van der Waals surface area (Å²) in [6.07, 6.45) is 2.78. The Kier molecular flexibility index (Phi) is 4.75. The van der Waals surface area contributed by atoms with Crippen LogP contribution in [0.2, 0.25) is 0 Å². The molecule has 0 bridgehead atoms. The van der Waals surface area contributed by atoms with E-state index in [4.69, 9.17) is 12.2 Å². The van der Waals surface area contributed by atoms with Crippen molar-refractivity contribution >= 4 is 18.1 Å². The predicted molar refractivity (Wildman–Crippen MR) is 87.0 cm³/mol. The lowest BCUT2D eigenvalue weighted by atomic mass is 9.94. The normalized spacial score (nSPS) is 15.3. The van der Waals surface area contributed by atoms with Crippen LogP contribution in [0.3, 0.4) is 0 Å². The van der Waals surface area contributed by atoms with Crippen LogP contribution < -0.4 is 5.32 Å².